The summed E-state index contributed by atoms with van der Waals surface area (Å²) in [6.07, 6.45) is 2.15. The highest BCUT2D eigenvalue weighted by Gasteiger charge is 2.32. The van der Waals surface area contributed by atoms with Gasteiger partial charge in [0, 0.05) is 5.56 Å². The van der Waals surface area contributed by atoms with E-state index in [9.17, 15) is 9.50 Å². The number of hydrogen-bond donors (Lipinski definition) is 1. The van der Waals surface area contributed by atoms with E-state index in [1.165, 1.54) is 21.9 Å². The maximum atomic E-state index is 14.6. The van der Waals surface area contributed by atoms with Crippen molar-refractivity contribution in [2.45, 2.75) is 32.7 Å². The Hall–Kier alpha value is -1.99. The first-order valence-electron chi connectivity index (χ1n) is 8.58. The lowest BCUT2D eigenvalue weighted by Gasteiger charge is -2.36. The second kappa shape index (κ2) is 6.38. The summed E-state index contributed by atoms with van der Waals surface area (Å²) < 4.78 is 16.0. The zero-order chi connectivity index (χ0) is 17.6. The Morgan fingerprint density at radius 2 is 2.00 bits per heavy atom. The predicted octanol–water partition coefficient (Wildman–Crippen LogP) is 3.77. The molecule has 4 rings (SSSR count). The topological polar surface area (TPSA) is 53.7 Å². The number of aryl methyl sites for hydroxylation is 1. The molecule has 25 heavy (non-hydrogen) atoms. The second-order valence-electron chi connectivity index (χ2n) is 6.79. The number of fused-ring (bicyclic) bond motifs is 1. The molecule has 1 aromatic carbocycles. The van der Waals surface area contributed by atoms with Gasteiger partial charge in [-0.05, 0) is 44.8 Å². The van der Waals surface area contributed by atoms with Gasteiger partial charge in [0.25, 0.3) is 0 Å². The maximum absolute atomic E-state index is 14.6. The molecule has 1 aliphatic heterocycles. The third-order valence-electron chi connectivity index (χ3n) is 4.94. The lowest BCUT2D eigenvalue weighted by molar-refractivity contribution is 0.155. The third kappa shape index (κ3) is 2.91. The van der Waals surface area contributed by atoms with Crippen LogP contribution in [0.5, 0.6) is 5.88 Å². The molecule has 0 bridgehead atoms. The number of likely N-dealkylation sites (tertiary alicyclic amines) is 1. The number of hydrogen-bond acceptors (Lipinski definition) is 5. The maximum Gasteiger partial charge on any atom is 0.230 e. The molecule has 1 saturated heterocycles. The molecule has 132 valence electrons. The Morgan fingerprint density at radius 3 is 2.68 bits per heavy atom. The van der Waals surface area contributed by atoms with Gasteiger partial charge in [-0.25, -0.2) is 9.37 Å². The van der Waals surface area contributed by atoms with Gasteiger partial charge in [0.15, 0.2) is 0 Å². The number of nitrogens with zero attached hydrogens (tertiary/aromatic N) is 4. The number of benzene rings is 1. The van der Waals surface area contributed by atoms with Crippen LogP contribution in [-0.4, -0.2) is 37.7 Å². The predicted molar refractivity (Wildman–Crippen MR) is 95.5 cm³/mol. The number of aromatic hydroxyl groups is 1. The first-order chi connectivity index (χ1) is 12.0. The van der Waals surface area contributed by atoms with Crippen molar-refractivity contribution in [3.05, 3.63) is 46.3 Å². The van der Waals surface area contributed by atoms with Crippen molar-refractivity contribution in [1.82, 2.24) is 19.5 Å². The van der Waals surface area contributed by atoms with Gasteiger partial charge in [-0.3, -0.25) is 4.90 Å². The smallest absolute Gasteiger partial charge is 0.230 e. The van der Waals surface area contributed by atoms with E-state index in [1.54, 1.807) is 19.1 Å². The molecule has 7 heteroatoms. The van der Waals surface area contributed by atoms with Gasteiger partial charge in [-0.1, -0.05) is 36.5 Å². The van der Waals surface area contributed by atoms with Crippen molar-refractivity contribution >= 4 is 16.3 Å². The quantitative estimate of drug-likeness (QED) is 0.773. The van der Waals surface area contributed by atoms with E-state index in [1.807, 2.05) is 6.07 Å². The summed E-state index contributed by atoms with van der Waals surface area (Å²) in [5.74, 6) is 1.10. The fourth-order valence-electron chi connectivity index (χ4n) is 3.51. The molecule has 1 atom stereocenters. The summed E-state index contributed by atoms with van der Waals surface area (Å²) in [6.45, 7) is 5.80. The molecule has 0 saturated carbocycles. The van der Waals surface area contributed by atoms with Crippen LogP contribution >= 0.6 is 11.3 Å². The molecule has 0 radical (unpaired) electrons. The van der Waals surface area contributed by atoms with Crippen molar-refractivity contribution < 1.29 is 9.50 Å². The lowest BCUT2D eigenvalue weighted by Crippen LogP contribution is -2.36. The van der Waals surface area contributed by atoms with Crippen LogP contribution in [0.3, 0.4) is 0 Å². The van der Waals surface area contributed by atoms with E-state index < -0.39 is 0 Å². The zero-order valence-electron chi connectivity index (χ0n) is 14.3. The Bertz CT molecular complexity index is 898. The fraction of sp³-hybridized carbons (Fsp3) is 0.444. The molecule has 0 amide bonds. The minimum absolute atomic E-state index is 0.0625. The molecule has 3 heterocycles. The molecule has 1 N–H and O–H groups in total. The van der Waals surface area contributed by atoms with Crippen LogP contribution in [0.1, 0.15) is 42.1 Å². The summed E-state index contributed by atoms with van der Waals surface area (Å²) in [4.78, 5) is 7.95. The number of thiazole rings is 1. The van der Waals surface area contributed by atoms with Gasteiger partial charge >= 0.3 is 0 Å². The average Bonchev–Trinajstić information content (AvgIpc) is 3.09. The van der Waals surface area contributed by atoms with Crippen LogP contribution < -0.4 is 0 Å². The second-order valence-corrected chi connectivity index (χ2v) is 7.79. The van der Waals surface area contributed by atoms with Gasteiger partial charge in [0.2, 0.25) is 10.8 Å². The van der Waals surface area contributed by atoms with Gasteiger partial charge in [-0.15, -0.1) is 5.10 Å². The van der Waals surface area contributed by atoms with E-state index in [4.69, 9.17) is 0 Å². The van der Waals surface area contributed by atoms with E-state index in [0.717, 1.165) is 25.9 Å². The molecule has 2 aromatic heterocycles. The molecule has 1 fully saturated rings. The van der Waals surface area contributed by atoms with Crippen LogP contribution in [0.25, 0.3) is 4.96 Å². The summed E-state index contributed by atoms with van der Waals surface area (Å²) in [6, 6.07) is 6.50. The van der Waals surface area contributed by atoms with Crippen LogP contribution in [0.4, 0.5) is 4.39 Å². The van der Waals surface area contributed by atoms with E-state index >= 15 is 0 Å². The Morgan fingerprint density at radius 1 is 1.28 bits per heavy atom. The van der Waals surface area contributed by atoms with E-state index in [0.29, 0.717) is 27.1 Å². The van der Waals surface area contributed by atoms with Crippen molar-refractivity contribution in [3.63, 3.8) is 0 Å². The van der Waals surface area contributed by atoms with Crippen molar-refractivity contribution in [3.8, 4) is 5.88 Å². The van der Waals surface area contributed by atoms with Crippen LogP contribution in [0.15, 0.2) is 24.3 Å². The molecule has 0 spiro atoms. The minimum Gasteiger partial charge on any atom is -0.492 e. The summed E-state index contributed by atoms with van der Waals surface area (Å²) in [5, 5.41) is 15.0. The zero-order valence-corrected chi connectivity index (χ0v) is 15.1. The summed E-state index contributed by atoms with van der Waals surface area (Å²) in [5.41, 5.74) is 0.591. The van der Waals surface area contributed by atoms with Gasteiger partial charge in [0.1, 0.15) is 11.6 Å². The van der Waals surface area contributed by atoms with Crippen molar-refractivity contribution in [1.29, 1.82) is 0 Å². The Kier molecular flexibility index (Phi) is 4.21. The highest BCUT2D eigenvalue weighted by molar-refractivity contribution is 7.17. The molecule has 5 nitrogen and oxygen atoms in total. The van der Waals surface area contributed by atoms with E-state index in [2.05, 4.69) is 21.9 Å². The number of rotatable bonds is 3. The molecule has 1 unspecified atom stereocenters. The first-order valence-corrected chi connectivity index (χ1v) is 9.39. The molecular formula is C18H21FN4OS. The monoisotopic (exact) mass is 360 g/mol. The Balaban J connectivity index is 1.83. The molecular weight excluding hydrogens is 339 g/mol. The number of aromatic nitrogens is 3. The average molecular weight is 360 g/mol. The molecule has 0 aliphatic carbocycles. The highest BCUT2D eigenvalue weighted by atomic mass is 32.1. The number of piperidine rings is 1. The van der Waals surface area contributed by atoms with Crippen molar-refractivity contribution in [2.75, 3.05) is 13.1 Å². The van der Waals surface area contributed by atoms with Crippen LogP contribution in [-0.2, 0) is 0 Å². The molecule has 1 aliphatic rings. The van der Waals surface area contributed by atoms with Crippen LogP contribution in [0.2, 0.25) is 0 Å². The first kappa shape index (κ1) is 16.5. The standard InChI is InChI=1S/C18H21FN4OS/c1-11-7-9-22(10-8-11)15(13-5-3-4-6-14(13)19)16-17(24)23-18(25-16)20-12(2)21-23/h3-6,11,15,24H,7-10H2,1-2H3. The van der Waals surface area contributed by atoms with Crippen LogP contribution in [0, 0.1) is 18.7 Å². The fourth-order valence-corrected chi connectivity index (χ4v) is 4.67. The third-order valence-corrected chi connectivity index (χ3v) is 6.01. The largest absolute Gasteiger partial charge is 0.492 e. The summed E-state index contributed by atoms with van der Waals surface area (Å²) in [7, 11) is 0. The number of halogens is 1. The van der Waals surface area contributed by atoms with Gasteiger partial charge in [-0.2, -0.15) is 4.52 Å². The normalized spacial score (nSPS) is 18.0. The van der Waals surface area contributed by atoms with Crippen molar-refractivity contribution in [2.24, 2.45) is 5.92 Å². The Labute approximate surface area is 149 Å². The SMILES string of the molecule is Cc1nc2sc(C(c3ccccc3F)N3CCC(C)CC3)c(O)n2n1. The molecule has 3 aromatic rings. The van der Waals surface area contributed by atoms with E-state index in [-0.39, 0.29) is 17.7 Å². The van der Waals surface area contributed by atoms with Gasteiger partial charge in [0.05, 0.1) is 10.9 Å². The summed E-state index contributed by atoms with van der Waals surface area (Å²) >= 11 is 1.38. The lowest BCUT2D eigenvalue weighted by atomic mass is 9.95. The minimum atomic E-state index is -0.317. The van der Waals surface area contributed by atoms with Gasteiger partial charge < -0.3 is 5.11 Å². The highest BCUT2D eigenvalue weighted by Crippen LogP contribution is 2.41.